The second-order valence-electron chi connectivity index (χ2n) is 4.02. The van der Waals surface area contributed by atoms with Gasteiger partial charge in [-0.2, -0.15) is 0 Å². The smallest absolute Gasteiger partial charge is 0.130 e. The van der Waals surface area contributed by atoms with E-state index in [9.17, 15) is 5.11 Å². The monoisotopic (exact) mass is 227 g/mol. The number of rotatable bonds is 4. The second kappa shape index (κ2) is 5.51. The lowest BCUT2D eigenvalue weighted by Gasteiger charge is -2.04. The lowest BCUT2D eigenvalue weighted by atomic mass is 10.0. The van der Waals surface area contributed by atoms with Crippen molar-refractivity contribution in [1.82, 2.24) is 5.32 Å². The molecule has 0 aromatic heterocycles. The van der Waals surface area contributed by atoms with E-state index in [1.54, 1.807) is 0 Å². The van der Waals surface area contributed by atoms with Crippen LogP contribution in [0.1, 0.15) is 12.0 Å². The van der Waals surface area contributed by atoms with Crippen LogP contribution >= 0.6 is 0 Å². The molecule has 0 fully saturated rings. The highest BCUT2D eigenvalue weighted by Crippen LogP contribution is 2.29. The molecule has 0 unspecified atom stereocenters. The Morgan fingerprint density at radius 3 is 2.82 bits per heavy atom. The SMILES string of the molecule is CNCCC=Cc1ccc2ccccc2c1O. The largest absolute Gasteiger partial charge is 0.507 e. The number of hydrogen-bond acceptors (Lipinski definition) is 2. The second-order valence-corrected chi connectivity index (χ2v) is 4.02. The van der Waals surface area contributed by atoms with Crippen LogP contribution in [-0.2, 0) is 0 Å². The van der Waals surface area contributed by atoms with Gasteiger partial charge in [0.05, 0.1) is 0 Å². The fourth-order valence-electron chi connectivity index (χ4n) is 1.84. The van der Waals surface area contributed by atoms with Crippen molar-refractivity contribution in [3.63, 3.8) is 0 Å². The Balaban J connectivity index is 2.29. The van der Waals surface area contributed by atoms with Gasteiger partial charge in [-0.15, -0.1) is 0 Å². The van der Waals surface area contributed by atoms with E-state index in [-0.39, 0.29) is 0 Å². The average Bonchev–Trinajstić information content (AvgIpc) is 2.37. The summed E-state index contributed by atoms with van der Waals surface area (Å²) in [7, 11) is 1.93. The highest BCUT2D eigenvalue weighted by atomic mass is 16.3. The number of nitrogens with one attached hydrogen (secondary N) is 1. The van der Waals surface area contributed by atoms with Crippen LogP contribution in [0, 0.1) is 0 Å². The number of aromatic hydroxyl groups is 1. The molecule has 0 radical (unpaired) electrons. The molecular formula is C15H17NO. The first-order valence-corrected chi connectivity index (χ1v) is 5.85. The van der Waals surface area contributed by atoms with Crippen molar-refractivity contribution in [1.29, 1.82) is 0 Å². The molecule has 2 heteroatoms. The zero-order valence-electron chi connectivity index (χ0n) is 9.98. The minimum absolute atomic E-state index is 0.365. The van der Waals surface area contributed by atoms with Gasteiger partial charge in [0, 0.05) is 10.9 Å². The quantitative estimate of drug-likeness (QED) is 0.786. The van der Waals surface area contributed by atoms with Gasteiger partial charge in [0.2, 0.25) is 0 Å². The van der Waals surface area contributed by atoms with Crippen molar-refractivity contribution >= 4 is 16.8 Å². The number of hydrogen-bond donors (Lipinski definition) is 2. The topological polar surface area (TPSA) is 32.3 Å². The van der Waals surface area contributed by atoms with Crippen LogP contribution in [0.5, 0.6) is 5.75 Å². The van der Waals surface area contributed by atoms with Gasteiger partial charge in [-0.1, -0.05) is 48.6 Å². The lowest BCUT2D eigenvalue weighted by Crippen LogP contribution is -2.05. The number of benzene rings is 2. The van der Waals surface area contributed by atoms with Crippen molar-refractivity contribution in [2.24, 2.45) is 0 Å². The van der Waals surface area contributed by atoms with Gasteiger partial charge in [-0.25, -0.2) is 0 Å². The zero-order chi connectivity index (χ0) is 12.1. The van der Waals surface area contributed by atoms with E-state index in [1.165, 1.54) is 0 Å². The number of fused-ring (bicyclic) bond motifs is 1. The van der Waals surface area contributed by atoms with Crippen molar-refractivity contribution in [2.45, 2.75) is 6.42 Å². The molecule has 0 atom stereocenters. The van der Waals surface area contributed by atoms with E-state index < -0.39 is 0 Å². The van der Waals surface area contributed by atoms with Gasteiger partial charge >= 0.3 is 0 Å². The molecule has 88 valence electrons. The summed E-state index contributed by atoms with van der Waals surface area (Å²) in [5, 5.41) is 15.2. The summed E-state index contributed by atoms with van der Waals surface area (Å²) >= 11 is 0. The Bertz CT molecular complexity index is 531. The zero-order valence-corrected chi connectivity index (χ0v) is 9.98. The maximum Gasteiger partial charge on any atom is 0.130 e. The summed E-state index contributed by atoms with van der Waals surface area (Å²) in [4.78, 5) is 0. The summed E-state index contributed by atoms with van der Waals surface area (Å²) in [6.07, 6.45) is 5.00. The third kappa shape index (κ3) is 2.66. The maximum absolute atomic E-state index is 10.1. The van der Waals surface area contributed by atoms with Crippen molar-refractivity contribution in [3.8, 4) is 5.75 Å². The Hall–Kier alpha value is -1.80. The molecule has 0 spiro atoms. The fraction of sp³-hybridized carbons (Fsp3) is 0.200. The molecule has 2 nitrogen and oxygen atoms in total. The maximum atomic E-state index is 10.1. The molecule has 0 aliphatic heterocycles. The number of phenols is 1. The van der Waals surface area contributed by atoms with E-state index in [1.807, 2.05) is 49.5 Å². The van der Waals surface area contributed by atoms with E-state index in [0.717, 1.165) is 29.3 Å². The van der Waals surface area contributed by atoms with Crippen LogP contribution in [0.2, 0.25) is 0 Å². The van der Waals surface area contributed by atoms with Crippen molar-refractivity contribution in [2.75, 3.05) is 13.6 Å². The first-order valence-electron chi connectivity index (χ1n) is 5.85. The van der Waals surface area contributed by atoms with Gasteiger partial charge in [0.1, 0.15) is 5.75 Å². The van der Waals surface area contributed by atoms with Gasteiger partial charge in [0.25, 0.3) is 0 Å². The minimum atomic E-state index is 0.365. The van der Waals surface area contributed by atoms with Crippen LogP contribution in [0.15, 0.2) is 42.5 Å². The van der Waals surface area contributed by atoms with Gasteiger partial charge in [-0.05, 0) is 25.4 Å². The molecule has 0 heterocycles. The summed E-state index contributed by atoms with van der Waals surface area (Å²) in [6, 6.07) is 11.8. The normalized spacial score (nSPS) is 11.4. The fourth-order valence-corrected chi connectivity index (χ4v) is 1.84. The summed E-state index contributed by atoms with van der Waals surface area (Å²) in [6.45, 7) is 0.949. The number of phenolic OH excluding ortho intramolecular Hbond substituents is 1. The van der Waals surface area contributed by atoms with Crippen molar-refractivity contribution < 1.29 is 5.11 Å². The van der Waals surface area contributed by atoms with Gasteiger partial charge < -0.3 is 10.4 Å². The summed E-state index contributed by atoms with van der Waals surface area (Å²) in [5.41, 5.74) is 0.875. The third-order valence-corrected chi connectivity index (χ3v) is 2.79. The Morgan fingerprint density at radius 1 is 1.18 bits per heavy atom. The molecule has 17 heavy (non-hydrogen) atoms. The van der Waals surface area contributed by atoms with E-state index in [0.29, 0.717) is 5.75 Å². The van der Waals surface area contributed by atoms with Crippen LogP contribution in [0.3, 0.4) is 0 Å². The molecule has 0 aliphatic carbocycles. The summed E-state index contributed by atoms with van der Waals surface area (Å²) < 4.78 is 0. The Kier molecular flexibility index (Phi) is 3.78. The molecule has 0 saturated carbocycles. The predicted octanol–water partition coefficient (Wildman–Crippen LogP) is 3.17. The molecule has 0 amide bonds. The standard InChI is InChI=1S/C15H17NO/c1-16-11-5-4-7-13-10-9-12-6-2-3-8-14(12)15(13)17/h2-4,6-10,16-17H,5,11H2,1H3. The van der Waals surface area contributed by atoms with Crippen LogP contribution in [0.25, 0.3) is 16.8 Å². The molecular weight excluding hydrogens is 210 g/mol. The van der Waals surface area contributed by atoms with Gasteiger partial charge in [0.15, 0.2) is 0 Å². The van der Waals surface area contributed by atoms with E-state index in [2.05, 4.69) is 11.4 Å². The van der Waals surface area contributed by atoms with Crippen molar-refractivity contribution in [3.05, 3.63) is 48.0 Å². The highest BCUT2D eigenvalue weighted by Gasteiger charge is 2.02. The molecule has 2 rings (SSSR count). The first-order chi connectivity index (χ1) is 8.33. The summed E-state index contributed by atoms with van der Waals surface area (Å²) in [5.74, 6) is 0.365. The van der Waals surface area contributed by atoms with Crippen LogP contribution < -0.4 is 5.32 Å². The van der Waals surface area contributed by atoms with E-state index >= 15 is 0 Å². The first kappa shape index (κ1) is 11.7. The van der Waals surface area contributed by atoms with Crippen LogP contribution in [0.4, 0.5) is 0 Å². The lowest BCUT2D eigenvalue weighted by molar-refractivity contribution is 0.480. The Morgan fingerprint density at radius 2 is 2.00 bits per heavy atom. The minimum Gasteiger partial charge on any atom is -0.507 e. The molecule has 0 bridgehead atoms. The molecule has 0 saturated heterocycles. The average molecular weight is 227 g/mol. The van der Waals surface area contributed by atoms with E-state index in [4.69, 9.17) is 0 Å². The van der Waals surface area contributed by atoms with Crippen LogP contribution in [-0.4, -0.2) is 18.7 Å². The predicted molar refractivity (Wildman–Crippen MR) is 73.2 cm³/mol. The highest BCUT2D eigenvalue weighted by molar-refractivity contribution is 5.91. The molecule has 0 aliphatic rings. The van der Waals surface area contributed by atoms with Gasteiger partial charge in [-0.3, -0.25) is 0 Å². The third-order valence-electron chi connectivity index (χ3n) is 2.79. The molecule has 2 N–H and O–H groups in total. The molecule has 2 aromatic rings. The molecule has 2 aromatic carbocycles. The Labute approximate surface area is 102 Å².